The zero-order valence-electron chi connectivity index (χ0n) is 17.6. The summed E-state index contributed by atoms with van der Waals surface area (Å²) in [6, 6.07) is 15.1. The lowest BCUT2D eigenvalue weighted by Gasteiger charge is -2.24. The van der Waals surface area contributed by atoms with Gasteiger partial charge in [0.25, 0.3) is 0 Å². The van der Waals surface area contributed by atoms with Crippen LogP contribution in [0.25, 0.3) is 0 Å². The highest BCUT2D eigenvalue weighted by atomic mass is 16.5. The molecule has 0 spiro atoms. The number of benzene rings is 2. The number of nitrogens with two attached hydrogens (primary N) is 1. The van der Waals surface area contributed by atoms with Gasteiger partial charge >= 0.3 is 6.09 Å². The average molecular weight is 412 g/mol. The first-order chi connectivity index (χ1) is 14.3. The number of amides is 3. The molecule has 160 valence electrons. The first-order valence-corrected chi connectivity index (χ1v) is 9.88. The van der Waals surface area contributed by atoms with Gasteiger partial charge in [-0.2, -0.15) is 0 Å². The van der Waals surface area contributed by atoms with Crippen molar-refractivity contribution in [3.8, 4) is 0 Å². The second kappa shape index (κ2) is 11.0. The van der Waals surface area contributed by atoms with Crippen LogP contribution in [0.4, 0.5) is 4.79 Å². The van der Waals surface area contributed by atoms with Crippen LogP contribution in [0.3, 0.4) is 0 Å². The summed E-state index contributed by atoms with van der Waals surface area (Å²) >= 11 is 0. The Balaban J connectivity index is 1.97. The predicted octanol–water partition coefficient (Wildman–Crippen LogP) is 2.46. The average Bonchev–Trinajstić information content (AvgIpc) is 2.71. The number of rotatable bonds is 9. The van der Waals surface area contributed by atoms with Gasteiger partial charge < -0.3 is 21.1 Å². The highest BCUT2D eigenvalue weighted by Gasteiger charge is 2.28. The molecular formula is C23H29N3O4. The van der Waals surface area contributed by atoms with Crippen molar-refractivity contribution >= 4 is 17.9 Å². The van der Waals surface area contributed by atoms with Crippen molar-refractivity contribution in [2.75, 3.05) is 0 Å². The molecule has 0 aromatic heterocycles. The molecule has 2 atom stereocenters. The maximum atomic E-state index is 12.8. The maximum absolute atomic E-state index is 12.8. The molecule has 7 nitrogen and oxygen atoms in total. The molecule has 0 bridgehead atoms. The highest BCUT2D eigenvalue weighted by Crippen LogP contribution is 2.09. The van der Waals surface area contributed by atoms with Crippen LogP contribution in [0.15, 0.2) is 54.6 Å². The summed E-state index contributed by atoms with van der Waals surface area (Å²) in [6.07, 6.45) is -0.438. The van der Waals surface area contributed by atoms with Crippen LogP contribution in [0.2, 0.25) is 0 Å². The van der Waals surface area contributed by atoms with E-state index in [1.807, 2.05) is 61.5 Å². The van der Waals surface area contributed by atoms with Gasteiger partial charge in [0.1, 0.15) is 18.7 Å². The molecule has 30 heavy (non-hydrogen) atoms. The molecule has 0 fully saturated rings. The fraction of sp³-hybridized carbons (Fsp3) is 0.348. The van der Waals surface area contributed by atoms with E-state index in [1.54, 1.807) is 13.8 Å². The number of aryl methyl sites for hydroxylation is 1. The van der Waals surface area contributed by atoms with Crippen molar-refractivity contribution in [3.63, 3.8) is 0 Å². The summed E-state index contributed by atoms with van der Waals surface area (Å²) in [5.74, 6) is -1.35. The van der Waals surface area contributed by atoms with Crippen molar-refractivity contribution < 1.29 is 19.1 Å². The maximum Gasteiger partial charge on any atom is 0.408 e. The Bertz CT molecular complexity index is 851. The summed E-state index contributed by atoms with van der Waals surface area (Å²) in [5, 5.41) is 5.23. The van der Waals surface area contributed by atoms with Gasteiger partial charge in [0.05, 0.1) is 0 Å². The molecule has 4 N–H and O–H groups in total. The van der Waals surface area contributed by atoms with E-state index in [-0.39, 0.29) is 18.9 Å². The second-order valence-corrected chi connectivity index (χ2v) is 7.58. The van der Waals surface area contributed by atoms with Crippen LogP contribution in [0, 0.1) is 12.8 Å². The minimum absolute atomic E-state index is 0.0937. The molecule has 0 saturated heterocycles. The number of carbonyl (C=O) groups excluding carboxylic acids is 3. The van der Waals surface area contributed by atoms with Crippen LogP contribution < -0.4 is 16.4 Å². The Morgan fingerprint density at radius 3 is 2.13 bits per heavy atom. The normalized spacial score (nSPS) is 12.7. The number of nitrogens with one attached hydrogen (secondary N) is 2. The van der Waals surface area contributed by atoms with E-state index in [9.17, 15) is 14.4 Å². The van der Waals surface area contributed by atoms with Gasteiger partial charge in [-0.25, -0.2) is 4.79 Å². The Morgan fingerprint density at radius 2 is 1.57 bits per heavy atom. The first kappa shape index (κ1) is 22.9. The van der Waals surface area contributed by atoms with Gasteiger partial charge in [0, 0.05) is 6.42 Å². The van der Waals surface area contributed by atoms with Crippen molar-refractivity contribution in [2.45, 2.75) is 45.9 Å². The molecule has 2 aromatic rings. The Hall–Kier alpha value is -3.35. The summed E-state index contributed by atoms with van der Waals surface area (Å²) < 4.78 is 5.20. The molecule has 0 aliphatic carbocycles. The topological polar surface area (TPSA) is 111 Å². The molecule has 7 heteroatoms. The zero-order valence-corrected chi connectivity index (χ0v) is 17.6. The SMILES string of the molecule is Cc1ccc(C[C@H](NC(=O)[C@@H](NC(=O)OCc2ccccc2)C(C)C)C(N)=O)cc1. The second-order valence-electron chi connectivity index (χ2n) is 7.58. The van der Waals surface area contributed by atoms with Crippen molar-refractivity contribution in [1.29, 1.82) is 0 Å². The fourth-order valence-corrected chi connectivity index (χ4v) is 2.87. The molecule has 2 aromatic carbocycles. The molecular weight excluding hydrogens is 382 g/mol. The monoisotopic (exact) mass is 411 g/mol. The highest BCUT2D eigenvalue weighted by molar-refractivity contribution is 5.91. The molecule has 0 aliphatic heterocycles. The van der Waals surface area contributed by atoms with Crippen LogP contribution in [0.5, 0.6) is 0 Å². The van der Waals surface area contributed by atoms with Crippen LogP contribution in [-0.4, -0.2) is 30.0 Å². The number of hydrogen-bond acceptors (Lipinski definition) is 4. The van der Waals surface area contributed by atoms with Crippen LogP contribution in [-0.2, 0) is 27.4 Å². The van der Waals surface area contributed by atoms with E-state index in [2.05, 4.69) is 10.6 Å². The van der Waals surface area contributed by atoms with E-state index >= 15 is 0 Å². The van der Waals surface area contributed by atoms with Gasteiger partial charge in [-0.05, 0) is 24.0 Å². The van der Waals surface area contributed by atoms with Gasteiger partial charge in [-0.15, -0.1) is 0 Å². The number of alkyl carbamates (subject to hydrolysis) is 1. The Kier molecular flexibility index (Phi) is 8.41. The lowest BCUT2D eigenvalue weighted by molar-refractivity contribution is -0.129. The van der Waals surface area contributed by atoms with E-state index in [0.717, 1.165) is 16.7 Å². The number of hydrogen-bond donors (Lipinski definition) is 3. The van der Waals surface area contributed by atoms with Gasteiger partial charge in [0.2, 0.25) is 11.8 Å². The number of primary amides is 1. The van der Waals surface area contributed by atoms with E-state index in [1.165, 1.54) is 0 Å². The molecule has 0 heterocycles. The van der Waals surface area contributed by atoms with Gasteiger partial charge in [-0.1, -0.05) is 74.0 Å². The van der Waals surface area contributed by atoms with Gasteiger partial charge in [0.15, 0.2) is 0 Å². The third-order valence-electron chi connectivity index (χ3n) is 4.66. The lowest BCUT2D eigenvalue weighted by atomic mass is 10.0. The molecule has 2 rings (SSSR count). The molecule has 0 radical (unpaired) electrons. The van der Waals surface area contributed by atoms with Crippen molar-refractivity contribution in [2.24, 2.45) is 11.7 Å². The van der Waals surface area contributed by atoms with E-state index in [0.29, 0.717) is 0 Å². The molecule has 0 saturated carbocycles. The number of ether oxygens (including phenoxy) is 1. The van der Waals surface area contributed by atoms with Crippen LogP contribution >= 0.6 is 0 Å². The molecule has 0 aliphatic rings. The first-order valence-electron chi connectivity index (χ1n) is 9.88. The standard InChI is InChI=1S/C23H29N3O4/c1-15(2)20(26-23(29)30-14-18-7-5-4-6-8-18)22(28)25-19(21(24)27)13-17-11-9-16(3)10-12-17/h4-12,15,19-20H,13-14H2,1-3H3,(H2,24,27)(H,25,28)(H,26,29)/t19-,20-/m0/s1. The summed E-state index contributed by atoms with van der Waals surface area (Å²) in [4.78, 5) is 36.8. The van der Waals surface area contributed by atoms with E-state index in [4.69, 9.17) is 10.5 Å². The quantitative estimate of drug-likeness (QED) is 0.589. The Labute approximate surface area is 177 Å². The van der Waals surface area contributed by atoms with Crippen LogP contribution in [0.1, 0.15) is 30.5 Å². The number of carbonyl (C=O) groups is 3. The predicted molar refractivity (Wildman–Crippen MR) is 114 cm³/mol. The fourth-order valence-electron chi connectivity index (χ4n) is 2.87. The molecule has 3 amide bonds. The summed E-state index contributed by atoms with van der Waals surface area (Å²) in [5.41, 5.74) is 8.29. The largest absolute Gasteiger partial charge is 0.445 e. The van der Waals surface area contributed by atoms with Gasteiger partial charge in [-0.3, -0.25) is 9.59 Å². The van der Waals surface area contributed by atoms with E-state index < -0.39 is 30.0 Å². The minimum Gasteiger partial charge on any atom is -0.445 e. The third-order valence-corrected chi connectivity index (χ3v) is 4.66. The zero-order chi connectivity index (χ0) is 22.1. The minimum atomic E-state index is -0.886. The van der Waals surface area contributed by atoms with Crippen molar-refractivity contribution in [1.82, 2.24) is 10.6 Å². The van der Waals surface area contributed by atoms with Crippen molar-refractivity contribution in [3.05, 3.63) is 71.3 Å². The Morgan fingerprint density at radius 1 is 0.933 bits per heavy atom. The summed E-state index contributed by atoms with van der Waals surface area (Å²) in [7, 11) is 0. The lowest BCUT2D eigenvalue weighted by Crippen LogP contribution is -2.55. The molecule has 0 unspecified atom stereocenters. The summed E-state index contributed by atoms with van der Waals surface area (Å²) in [6.45, 7) is 5.64. The third kappa shape index (κ3) is 7.24. The smallest absolute Gasteiger partial charge is 0.408 e.